The molecule has 1 amide bonds. The first-order valence-corrected chi connectivity index (χ1v) is 7.86. The monoisotopic (exact) mass is 326 g/mol. The fraction of sp³-hybridized carbons (Fsp3) is 0.211. The molecule has 3 N–H and O–H groups in total. The molecule has 0 spiro atoms. The van der Waals surface area contributed by atoms with Crippen LogP contribution in [0.4, 0.5) is 4.39 Å². The highest BCUT2D eigenvalue weighted by Crippen LogP contribution is 2.19. The number of aromatic nitrogens is 1. The largest absolute Gasteiger partial charge is 0.392 e. The van der Waals surface area contributed by atoms with E-state index in [-0.39, 0.29) is 24.8 Å². The standard InChI is InChI=1S/C19H19FN2O2/c20-16-5-6-18-17(10-16)15(11-22-18)9-19(24)21-8-7-13-1-3-14(12-23)4-2-13/h1-6,10-11,22-23H,7-9,12H2,(H,21,24). The molecule has 0 aliphatic carbocycles. The molecular weight excluding hydrogens is 307 g/mol. The summed E-state index contributed by atoms with van der Waals surface area (Å²) in [6, 6.07) is 12.1. The highest BCUT2D eigenvalue weighted by Gasteiger charge is 2.09. The molecule has 0 saturated carbocycles. The minimum Gasteiger partial charge on any atom is -0.392 e. The van der Waals surface area contributed by atoms with E-state index in [2.05, 4.69) is 10.3 Å². The molecule has 24 heavy (non-hydrogen) atoms. The number of carbonyl (C=O) groups excluding carboxylic acids is 1. The van der Waals surface area contributed by atoms with Crippen molar-refractivity contribution in [3.8, 4) is 0 Å². The number of halogens is 1. The summed E-state index contributed by atoms with van der Waals surface area (Å²) < 4.78 is 13.3. The smallest absolute Gasteiger partial charge is 0.224 e. The molecule has 1 aromatic heterocycles. The van der Waals surface area contributed by atoms with Gasteiger partial charge in [0.1, 0.15) is 5.82 Å². The second-order valence-corrected chi connectivity index (χ2v) is 5.76. The summed E-state index contributed by atoms with van der Waals surface area (Å²) in [5.74, 6) is -0.401. The molecule has 3 rings (SSSR count). The van der Waals surface area contributed by atoms with Crippen LogP contribution in [0, 0.1) is 5.82 Å². The van der Waals surface area contributed by atoms with Crippen molar-refractivity contribution in [2.24, 2.45) is 0 Å². The van der Waals surface area contributed by atoms with Crippen molar-refractivity contribution >= 4 is 16.8 Å². The summed E-state index contributed by atoms with van der Waals surface area (Å²) in [4.78, 5) is 15.1. The molecule has 0 fully saturated rings. The molecule has 0 aliphatic rings. The number of benzene rings is 2. The zero-order valence-electron chi connectivity index (χ0n) is 13.2. The predicted molar refractivity (Wildman–Crippen MR) is 91.0 cm³/mol. The van der Waals surface area contributed by atoms with Crippen molar-refractivity contribution in [2.45, 2.75) is 19.4 Å². The highest BCUT2D eigenvalue weighted by molar-refractivity contribution is 5.88. The van der Waals surface area contributed by atoms with Crippen molar-refractivity contribution in [2.75, 3.05) is 6.54 Å². The maximum absolute atomic E-state index is 13.3. The minimum absolute atomic E-state index is 0.0300. The van der Waals surface area contributed by atoms with E-state index in [9.17, 15) is 9.18 Å². The van der Waals surface area contributed by atoms with Gasteiger partial charge >= 0.3 is 0 Å². The molecule has 2 aromatic carbocycles. The Bertz CT molecular complexity index is 840. The summed E-state index contributed by atoms with van der Waals surface area (Å²) in [7, 11) is 0. The normalized spacial score (nSPS) is 10.9. The molecule has 4 nitrogen and oxygen atoms in total. The van der Waals surface area contributed by atoms with Gasteiger partial charge in [-0.25, -0.2) is 4.39 Å². The van der Waals surface area contributed by atoms with Crippen LogP contribution in [-0.4, -0.2) is 22.5 Å². The lowest BCUT2D eigenvalue weighted by Crippen LogP contribution is -2.27. The van der Waals surface area contributed by atoms with Gasteiger partial charge in [0, 0.05) is 23.6 Å². The number of fused-ring (bicyclic) bond motifs is 1. The van der Waals surface area contributed by atoms with Crippen LogP contribution >= 0.6 is 0 Å². The number of hydrogen-bond donors (Lipinski definition) is 3. The number of aromatic amines is 1. The number of carbonyl (C=O) groups is 1. The van der Waals surface area contributed by atoms with Gasteiger partial charge < -0.3 is 15.4 Å². The first-order valence-electron chi connectivity index (χ1n) is 7.86. The van der Waals surface area contributed by atoms with Gasteiger partial charge in [0.15, 0.2) is 0 Å². The van der Waals surface area contributed by atoms with E-state index in [0.717, 1.165) is 34.0 Å². The molecule has 0 bridgehead atoms. The number of amides is 1. The van der Waals surface area contributed by atoms with Gasteiger partial charge in [0.25, 0.3) is 0 Å². The van der Waals surface area contributed by atoms with Gasteiger partial charge in [-0.1, -0.05) is 24.3 Å². The van der Waals surface area contributed by atoms with Crippen molar-refractivity contribution in [3.63, 3.8) is 0 Å². The van der Waals surface area contributed by atoms with Crippen molar-refractivity contribution in [3.05, 3.63) is 71.2 Å². The molecule has 0 atom stereocenters. The van der Waals surface area contributed by atoms with Crippen LogP contribution in [0.3, 0.4) is 0 Å². The summed E-state index contributed by atoms with van der Waals surface area (Å²) in [5.41, 5.74) is 3.58. The Morgan fingerprint density at radius 3 is 2.62 bits per heavy atom. The molecular formula is C19H19FN2O2. The maximum atomic E-state index is 13.3. The Morgan fingerprint density at radius 2 is 1.88 bits per heavy atom. The second kappa shape index (κ2) is 7.27. The number of aliphatic hydroxyl groups excluding tert-OH is 1. The van der Waals surface area contributed by atoms with E-state index < -0.39 is 0 Å². The van der Waals surface area contributed by atoms with Crippen LogP contribution in [0.2, 0.25) is 0 Å². The zero-order chi connectivity index (χ0) is 16.9. The molecule has 0 radical (unpaired) electrons. The van der Waals surface area contributed by atoms with E-state index in [0.29, 0.717) is 6.54 Å². The Labute approximate surface area is 139 Å². The van der Waals surface area contributed by atoms with Crippen molar-refractivity contribution < 1.29 is 14.3 Å². The number of rotatable bonds is 6. The molecule has 1 heterocycles. The first-order chi connectivity index (χ1) is 11.7. The third-order valence-electron chi connectivity index (χ3n) is 4.02. The SMILES string of the molecule is O=C(Cc1c[nH]c2ccc(F)cc12)NCCc1ccc(CO)cc1. The average molecular weight is 326 g/mol. The van der Waals surface area contributed by atoms with E-state index >= 15 is 0 Å². The van der Waals surface area contributed by atoms with Gasteiger partial charge in [-0.2, -0.15) is 0 Å². The second-order valence-electron chi connectivity index (χ2n) is 5.76. The van der Waals surface area contributed by atoms with Crippen LogP contribution < -0.4 is 5.32 Å². The third kappa shape index (κ3) is 3.81. The fourth-order valence-corrected chi connectivity index (χ4v) is 2.69. The molecule has 0 aliphatic heterocycles. The van der Waals surface area contributed by atoms with Gasteiger partial charge in [0.2, 0.25) is 5.91 Å². The summed E-state index contributed by atoms with van der Waals surface area (Å²) >= 11 is 0. The maximum Gasteiger partial charge on any atom is 0.224 e. The first kappa shape index (κ1) is 16.2. The minimum atomic E-state index is -0.310. The third-order valence-corrected chi connectivity index (χ3v) is 4.02. The van der Waals surface area contributed by atoms with Gasteiger partial charge in [-0.15, -0.1) is 0 Å². The predicted octanol–water partition coefficient (Wildman–Crippen LogP) is 2.70. The summed E-state index contributed by atoms with van der Waals surface area (Å²) in [6.07, 6.45) is 2.68. The van der Waals surface area contributed by atoms with E-state index in [1.165, 1.54) is 12.1 Å². The van der Waals surface area contributed by atoms with Crippen molar-refractivity contribution in [1.29, 1.82) is 0 Å². The zero-order valence-corrected chi connectivity index (χ0v) is 13.2. The van der Waals surface area contributed by atoms with Crippen LogP contribution in [0.5, 0.6) is 0 Å². The lowest BCUT2D eigenvalue weighted by atomic mass is 10.1. The molecule has 0 saturated heterocycles. The Balaban J connectivity index is 1.54. The molecule has 124 valence electrons. The molecule has 3 aromatic rings. The van der Waals surface area contributed by atoms with Crippen LogP contribution in [-0.2, 0) is 24.2 Å². The topological polar surface area (TPSA) is 65.1 Å². The number of nitrogens with one attached hydrogen (secondary N) is 2. The van der Waals surface area contributed by atoms with Gasteiger partial charge in [-0.05, 0) is 41.3 Å². The van der Waals surface area contributed by atoms with Crippen LogP contribution in [0.1, 0.15) is 16.7 Å². The van der Waals surface area contributed by atoms with E-state index in [1.54, 1.807) is 12.3 Å². The summed E-state index contributed by atoms with van der Waals surface area (Å²) in [5, 5.41) is 12.6. The molecule has 5 heteroatoms. The van der Waals surface area contributed by atoms with E-state index in [4.69, 9.17) is 5.11 Å². The fourth-order valence-electron chi connectivity index (χ4n) is 2.69. The Kier molecular flexibility index (Phi) is 4.91. The number of aliphatic hydroxyl groups is 1. The lowest BCUT2D eigenvalue weighted by Gasteiger charge is -2.06. The number of H-pyrrole nitrogens is 1. The highest BCUT2D eigenvalue weighted by atomic mass is 19.1. The number of hydrogen-bond acceptors (Lipinski definition) is 2. The Morgan fingerprint density at radius 1 is 1.12 bits per heavy atom. The van der Waals surface area contributed by atoms with E-state index in [1.807, 2.05) is 24.3 Å². The Hall–Kier alpha value is -2.66. The van der Waals surface area contributed by atoms with Crippen LogP contribution in [0.15, 0.2) is 48.7 Å². The average Bonchev–Trinajstić information content (AvgIpc) is 2.97. The lowest BCUT2D eigenvalue weighted by molar-refractivity contribution is -0.120. The van der Waals surface area contributed by atoms with Gasteiger partial charge in [-0.3, -0.25) is 4.79 Å². The van der Waals surface area contributed by atoms with Crippen molar-refractivity contribution in [1.82, 2.24) is 10.3 Å². The molecule has 0 unspecified atom stereocenters. The quantitative estimate of drug-likeness (QED) is 0.652. The van der Waals surface area contributed by atoms with Gasteiger partial charge in [0.05, 0.1) is 13.0 Å². The summed E-state index contributed by atoms with van der Waals surface area (Å²) in [6.45, 7) is 0.566. The van der Waals surface area contributed by atoms with Crippen LogP contribution in [0.25, 0.3) is 10.9 Å².